The molecule has 2 amide bonds. The molecule has 0 bridgehead atoms. The molecule has 0 unspecified atom stereocenters. The molecular formula is C29H35N3O5S. The van der Waals surface area contributed by atoms with Gasteiger partial charge in [0.25, 0.3) is 10.0 Å². The molecule has 202 valence electrons. The number of ether oxygens (including phenoxy) is 1. The summed E-state index contributed by atoms with van der Waals surface area (Å²) >= 11 is 0. The second kappa shape index (κ2) is 13.1. The third-order valence-corrected chi connectivity index (χ3v) is 7.95. The first-order chi connectivity index (χ1) is 18.2. The smallest absolute Gasteiger partial charge is 0.264 e. The van der Waals surface area contributed by atoms with Crippen LogP contribution in [0.4, 0.5) is 5.69 Å². The summed E-state index contributed by atoms with van der Waals surface area (Å²) in [5, 5.41) is 2.83. The van der Waals surface area contributed by atoms with Crippen molar-refractivity contribution in [3.05, 3.63) is 90.0 Å². The molecule has 0 aliphatic rings. The number of methoxy groups -OCH3 is 1. The number of anilines is 1. The minimum absolute atomic E-state index is 0.0730. The molecule has 0 heterocycles. The Balaban J connectivity index is 1.99. The summed E-state index contributed by atoms with van der Waals surface area (Å²) in [6.07, 6.45) is 0.751. The molecular weight excluding hydrogens is 502 g/mol. The van der Waals surface area contributed by atoms with E-state index >= 15 is 0 Å². The van der Waals surface area contributed by atoms with Gasteiger partial charge < -0.3 is 15.0 Å². The normalized spacial score (nSPS) is 11.9. The fraction of sp³-hybridized carbons (Fsp3) is 0.310. The molecule has 0 fully saturated rings. The maximum atomic E-state index is 13.8. The van der Waals surface area contributed by atoms with E-state index in [2.05, 4.69) is 5.32 Å². The Kier molecular flexibility index (Phi) is 9.90. The molecule has 0 aromatic heterocycles. The molecule has 1 atom stereocenters. The van der Waals surface area contributed by atoms with Gasteiger partial charge in [-0.15, -0.1) is 0 Å². The highest BCUT2D eigenvalue weighted by molar-refractivity contribution is 7.92. The molecule has 0 aliphatic carbocycles. The Hall–Kier alpha value is -3.85. The Morgan fingerprint density at radius 3 is 2.16 bits per heavy atom. The van der Waals surface area contributed by atoms with Crippen molar-refractivity contribution >= 4 is 27.5 Å². The van der Waals surface area contributed by atoms with Crippen LogP contribution in [0.2, 0.25) is 0 Å². The molecule has 3 aromatic carbocycles. The van der Waals surface area contributed by atoms with Gasteiger partial charge in [0.2, 0.25) is 11.8 Å². The first kappa shape index (κ1) is 28.7. The van der Waals surface area contributed by atoms with E-state index in [1.54, 1.807) is 68.6 Å². The Morgan fingerprint density at radius 1 is 0.947 bits per heavy atom. The number of carbonyl (C=O) groups is 2. The van der Waals surface area contributed by atoms with Crippen LogP contribution < -0.4 is 14.4 Å². The Morgan fingerprint density at radius 2 is 1.58 bits per heavy atom. The average Bonchev–Trinajstić information content (AvgIpc) is 2.94. The number of carbonyl (C=O) groups excluding carboxylic acids is 2. The average molecular weight is 538 g/mol. The number of aryl methyl sites for hydroxylation is 1. The van der Waals surface area contributed by atoms with Crippen LogP contribution in [0.1, 0.15) is 31.4 Å². The molecule has 0 saturated heterocycles. The maximum absolute atomic E-state index is 13.8. The van der Waals surface area contributed by atoms with Crippen LogP contribution >= 0.6 is 0 Å². The van der Waals surface area contributed by atoms with Gasteiger partial charge in [-0.25, -0.2) is 8.42 Å². The van der Waals surface area contributed by atoms with Gasteiger partial charge in [-0.05, 0) is 62.2 Å². The fourth-order valence-electron chi connectivity index (χ4n) is 3.87. The predicted molar refractivity (Wildman–Crippen MR) is 148 cm³/mol. The van der Waals surface area contributed by atoms with Gasteiger partial charge in [0.1, 0.15) is 18.3 Å². The number of rotatable bonds is 12. The molecule has 8 nitrogen and oxygen atoms in total. The topological polar surface area (TPSA) is 96.0 Å². The summed E-state index contributed by atoms with van der Waals surface area (Å²) in [5.41, 5.74) is 2.10. The highest BCUT2D eigenvalue weighted by Gasteiger charge is 2.32. The van der Waals surface area contributed by atoms with Crippen molar-refractivity contribution in [3.63, 3.8) is 0 Å². The molecule has 0 radical (unpaired) electrons. The van der Waals surface area contributed by atoms with Crippen LogP contribution in [-0.4, -0.2) is 51.4 Å². The van der Waals surface area contributed by atoms with Gasteiger partial charge >= 0.3 is 0 Å². The zero-order valence-corrected chi connectivity index (χ0v) is 23.1. The first-order valence-corrected chi connectivity index (χ1v) is 14.0. The number of benzene rings is 3. The van der Waals surface area contributed by atoms with E-state index in [-0.39, 0.29) is 17.3 Å². The quantitative estimate of drug-likeness (QED) is 0.375. The van der Waals surface area contributed by atoms with E-state index in [1.165, 1.54) is 17.0 Å². The molecule has 3 rings (SSSR count). The minimum Gasteiger partial charge on any atom is -0.497 e. The number of amides is 2. The highest BCUT2D eigenvalue weighted by atomic mass is 32.2. The van der Waals surface area contributed by atoms with Crippen LogP contribution in [-0.2, 0) is 26.2 Å². The predicted octanol–water partition coefficient (Wildman–Crippen LogP) is 4.14. The molecule has 0 saturated carbocycles. The number of nitrogens with zero attached hydrogens (tertiary/aromatic N) is 2. The van der Waals surface area contributed by atoms with Crippen molar-refractivity contribution in [2.75, 3.05) is 24.5 Å². The van der Waals surface area contributed by atoms with E-state index in [9.17, 15) is 18.0 Å². The van der Waals surface area contributed by atoms with Crippen LogP contribution in [0.25, 0.3) is 0 Å². The number of sulfonamides is 1. The maximum Gasteiger partial charge on any atom is 0.264 e. The van der Waals surface area contributed by atoms with Crippen molar-refractivity contribution in [1.29, 1.82) is 0 Å². The van der Waals surface area contributed by atoms with Gasteiger partial charge in [0, 0.05) is 13.1 Å². The van der Waals surface area contributed by atoms with Crippen molar-refractivity contribution in [2.45, 2.75) is 44.7 Å². The van der Waals surface area contributed by atoms with Crippen LogP contribution in [0.3, 0.4) is 0 Å². The van der Waals surface area contributed by atoms with Crippen molar-refractivity contribution in [2.24, 2.45) is 0 Å². The molecule has 0 aliphatic heterocycles. The van der Waals surface area contributed by atoms with Gasteiger partial charge in [-0.1, -0.05) is 55.0 Å². The van der Waals surface area contributed by atoms with Crippen molar-refractivity contribution < 1.29 is 22.7 Å². The fourth-order valence-corrected chi connectivity index (χ4v) is 5.30. The summed E-state index contributed by atoms with van der Waals surface area (Å²) in [7, 11) is -2.50. The lowest BCUT2D eigenvalue weighted by atomic mass is 10.1. The largest absolute Gasteiger partial charge is 0.497 e. The van der Waals surface area contributed by atoms with E-state index in [0.717, 1.165) is 21.9 Å². The molecule has 38 heavy (non-hydrogen) atoms. The van der Waals surface area contributed by atoms with Crippen molar-refractivity contribution in [3.8, 4) is 5.75 Å². The third-order valence-electron chi connectivity index (χ3n) is 6.16. The Bertz CT molecular complexity index is 1310. The zero-order chi connectivity index (χ0) is 27.7. The SMILES string of the molecule is CCCNC(=O)[C@@H](C)N(Cc1ccc(OC)cc1)C(=O)CN(c1ccc(C)cc1)S(=O)(=O)c1ccccc1. The lowest BCUT2D eigenvalue weighted by molar-refractivity contribution is -0.139. The second-order valence-corrected chi connectivity index (χ2v) is 10.9. The lowest BCUT2D eigenvalue weighted by Gasteiger charge is -2.32. The molecule has 1 N–H and O–H groups in total. The highest BCUT2D eigenvalue weighted by Crippen LogP contribution is 2.25. The van der Waals surface area contributed by atoms with Gasteiger partial charge in [-0.2, -0.15) is 0 Å². The van der Waals surface area contributed by atoms with Gasteiger partial charge in [0.15, 0.2) is 0 Å². The number of hydrogen-bond acceptors (Lipinski definition) is 5. The summed E-state index contributed by atoms with van der Waals surface area (Å²) in [6, 6.07) is 21.3. The second-order valence-electron chi connectivity index (χ2n) is 9.00. The van der Waals surface area contributed by atoms with Crippen LogP contribution in [0.15, 0.2) is 83.8 Å². The Labute approximate surface area is 225 Å². The van der Waals surface area contributed by atoms with Gasteiger partial charge in [-0.3, -0.25) is 13.9 Å². The van der Waals surface area contributed by atoms with Gasteiger partial charge in [0.05, 0.1) is 17.7 Å². The monoisotopic (exact) mass is 537 g/mol. The summed E-state index contributed by atoms with van der Waals surface area (Å²) in [5.74, 6) is -0.138. The van der Waals surface area contributed by atoms with Crippen molar-refractivity contribution in [1.82, 2.24) is 10.2 Å². The lowest BCUT2D eigenvalue weighted by Crippen LogP contribution is -2.51. The first-order valence-electron chi connectivity index (χ1n) is 12.5. The third kappa shape index (κ3) is 7.13. The van der Waals surface area contributed by atoms with Crippen LogP contribution in [0.5, 0.6) is 5.75 Å². The number of nitrogens with one attached hydrogen (secondary N) is 1. The molecule has 9 heteroatoms. The standard InChI is InChI=1S/C29H35N3O5S/c1-5-19-30-29(34)23(3)31(20-24-13-17-26(37-4)18-14-24)28(33)21-32(25-15-11-22(2)12-16-25)38(35,36)27-9-7-6-8-10-27/h6-18,23H,5,19-21H2,1-4H3,(H,30,34)/t23-/m1/s1. The number of hydrogen-bond donors (Lipinski definition) is 1. The zero-order valence-electron chi connectivity index (χ0n) is 22.3. The minimum atomic E-state index is -4.07. The summed E-state index contributed by atoms with van der Waals surface area (Å²) in [4.78, 5) is 28.2. The molecule has 3 aromatic rings. The van der Waals surface area contributed by atoms with Crippen LogP contribution in [0, 0.1) is 6.92 Å². The van der Waals surface area contributed by atoms with E-state index in [1.807, 2.05) is 26.0 Å². The summed E-state index contributed by atoms with van der Waals surface area (Å²) < 4.78 is 33.7. The van der Waals surface area contributed by atoms with E-state index in [4.69, 9.17) is 4.74 Å². The summed E-state index contributed by atoms with van der Waals surface area (Å²) in [6.45, 7) is 5.62. The van der Waals surface area contributed by atoms with E-state index < -0.39 is 28.5 Å². The molecule has 0 spiro atoms. The van der Waals surface area contributed by atoms with E-state index in [0.29, 0.717) is 18.0 Å².